The summed E-state index contributed by atoms with van der Waals surface area (Å²) in [7, 11) is -3.65. The van der Waals surface area contributed by atoms with Gasteiger partial charge in [-0.15, -0.1) is 0 Å². The fraction of sp³-hybridized carbons (Fsp3) is 0.529. The van der Waals surface area contributed by atoms with E-state index in [1.807, 2.05) is 0 Å². The number of hydrogen-bond acceptors (Lipinski definition) is 5. The number of ether oxygens (including phenoxy) is 1. The zero-order valence-corrected chi connectivity index (χ0v) is 15.5. The van der Waals surface area contributed by atoms with Crippen LogP contribution in [0.3, 0.4) is 0 Å². The Kier molecular flexibility index (Phi) is 5.47. The molecule has 0 spiro atoms. The Bertz CT molecular complexity index is 766. The molecule has 1 heterocycles. The number of piperazine rings is 1. The van der Waals surface area contributed by atoms with Crippen LogP contribution in [0.4, 0.5) is 4.79 Å². The number of carbonyl (C=O) groups is 2. The number of sulfonamides is 1. The SMILES string of the molecule is CCOC(=O)N1CCN(S(=O)(=O)c2ccc(C(=O)NC3CC3)cc2)CC1. The van der Waals surface area contributed by atoms with E-state index in [0.29, 0.717) is 18.7 Å². The molecule has 8 nitrogen and oxygen atoms in total. The molecule has 1 saturated heterocycles. The monoisotopic (exact) mass is 381 g/mol. The molecule has 2 aliphatic rings. The maximum Gasteiger partial charge on any atom is 0.409 e. The standard InChI is InChI=1S/C17H23N3O5S/c1-2-25-17(22)19-9-11-20(12-10-19)26(23,24)15-7-3-13(4-8-15)16(21)18-14-5-6-14/h3-4,7-8,14H,2,5-6,9-12H2,1H3,(H,18,21). The Balaban J connectivity index is 1.63. The van der Waals surface area contributed by atoms with E-state index >= 15 is 0 Å². The first-order valence-electron chi connectivity index (χ1n) is 8.74. The molecule has 2 amide bonds. The van der Waals surface area contributed by atoms with Gasteiger partial charge < -0.3 is 15.0 Å². The molecule has 0 bridgehead atoms. The maximum absolute atomic E-state index is 12.7. The van der Waals surface area contributed by atoms with Crippen LogP contribution in [0.25, 0.3) is 0 Å². The van der Waals surface area contributed by atoms with E-state index in [0.717, 1.165) is 12.8 Å². The Hall–Kier alpha value is -2.13. The van der Waals surface area contributed by atoms with E-state index < -0.39 is 16.1 Å². The lowest BCUT2D eigenvalue weighted by Crippen LogP contribution is -2.50. The first-order valence-corrected chi connectivity index (χ1v) is 10.2. The molecule has 9 heteroatoms. The number of rotatable bonds is 5. The second kappa shape index (κ2) is 7.63. The normalized spacial score (nSPS) is 18.4. The molecule has 0 unspecified atom stereocenters. The van der Waals surface area contributed by atoms with Crippen molar-refractivity contribution in [3.63, 3.8) is 0 Å². The summed E-state index contributed by atoms with van der Waals surface area (Å²) in [6.45, 7) is 3.03. The van der Waals surface area contributed by atoms with Crippen molar-refractivity contribution in [2.24, 2.45) is 0 Å². The van der Waals surface area contributed by atoms with Crippen LogP contribution in [-0.2, 0) is 14.8 Å². The fourth-order valence-electron chi connectivity index (χ4n) is 2.75. The summed E-state index contributed by atoms with van der Waals surface area (Å²) < 4.78 is 31.8. The minimum absolute atomic E-state index is 0.144. The zero-order valence-electron chi connectivity index (χ0n) is 14.7. The molecule has 1 aromatic rings. The van der Waals surface area contributed by atoms with E-state index in [4.69, 9.17) is 4.74 Å². The molecular formula is C17H23N3O5S. The van der Waals surface area contributed by atoms with Crippen molar-refractivity contribution in [1.82, 2.24) is 14.5 Å². The lowest BCUT2D eigenvalue weighted by molar-refractivity contribution is 0.0932. The first kappa shape index (κ1) is 18.7. The topological polar surface area (TPSA) is 96.0 Å². The van der Waals surface area contributed by atoms with E-state index in [9.17, 15) is 18.0 Å². The van der Waals surface area contributed by atoms with Crippen LogP contribution < -0.4 is 5.32 Å². The van der Waals surface area contributed by atoms with Crippen molar-refractivity contribution < 1.29 is 22.7 Å². The van der Waals surface area contributed by atoms with E-state index in [1.165, 1.54) is 33.5 Å². The summed E-state index contributed by atoms with van der Waals surface area (Å²) in [5.41, 5.74) is 0.447. The number of benzene rings is 1. The summed E-state index contributed by atoms with van der Waals surface area (Å²) in [6, 6.07) is 6.21. The molecule has 1 N–H and O–H groups in total. The quantitative estimate of drug-likeness (QED) is 0.822. The minimum atomic E-state index is -3.65. The molecule has 0 aromatic heterocycles. The lowest BCUT2D eigenvalue weighted by Gasteiger charge is -2.33. The smallest absolute Gasteiger partial charge is 0.409 e. The van der Waals surface area contributed by atoms with Gasteiger partial charge in [0.15, 0.2) is 0 Å². The number of carbonyl (C=O) groups excluding carboxylic acids is 2. The van der Waals surface area contributed by atoms with Gasteiger partial charge in [0.2, 0.25) is 10.0 Å². The van der Waals surface area contributed by atoms with Crippen molar-refractivity contribution in [2.45, 2.75) is 30.7 Å². The summed E-state index contributed by atoms with van der Waals surface area (Å²) in [5, 5.41) is 2.87. The Morgan fingerprint density at radius 3 is 2.27 bits per heavy atom. The third-order valence-electron chi connectivity index (χ3n) is 4.43. The van der Waals surface area contributed by atoms with Crippen LogP contribution in [0, 0.1) is 0 Å². The van der Waals surface area contributed by atoms with E-state index in [1.54, 1.807) is 6.92 Å². The third kappa shape index (κ3) is 4.16. The second-order valence-electron chi connectivity index (χ2n) is 6.36. The molecule has 2 fully saturated rings. The Labute approximate surface area is 153 Å². The largest absolute Gasteiger partial charge is 0.450 e. The highest BCUT2D eigenvalue weighted by atomic mass is 32.2. The van der Waals surface area contributed by atoms with Gasteiger partial charge in [-0.2, -0.15) is 4.31 Å². The predicted octanol–water partition coefficient (Wildman–Crippen LogP) is 1.04. The van der Waals surface area contributed by atoms with Crippen LogP contribution in [-0.4, -0.2) is 68.5 Å². The van der Waals surface area contributed by atoms with Gasteiger partial charge in [-0.1, -0.05) is 0 Å². The summed E-state index contributed by atoms with van der Waals surface area (Å²) in [5.74, 6) is -0.181. The number of nitrogens with zero attached hydrogens (tertiary/aromatic N) is 2. The summed E-state index contributed by atoms with van der Waals surface area (Å²) in [4.78, 5) is 25.3. The van der Waals surface area contributed by atoms with Crippen LogP contribution in [0.2, 0.25) is 0 Å². The van der Waals surface area contributed by atoms with Gasteiger partial charge in [-0.25, -0.2) is 13.2 Å². The molecule has 26 heavy (non-hydrogen) atoms. The molecule has 142 valence electrons. The van der Waals surface area contributed by atoms with Crippen LogP contribution >= 0.6 is 0 Å². The fourth-order valence-corrected chi connectivity index (χ4v) is 4.17. The Morgan fingerprint density at radius 2 is 1.73 bits per heavy atom. The number of nitrogens with one attached hydrogen (secondary N) is 1. The summed E-state index contributed by atoms with van der Waals surface area (Å²) in [6.07, 6.45) is 1.57. The Morgan fingerprint density at radius 1 is 1.12 bits per heavy atom. The van der Waals surface area contributed by atoms with Gasteiger partial charge in [0.05, 0.1) is 11.5 Å². The first-order chi connectivity index (χ1) is 12.4. The van der Waals surface area contributed by atoms with E-state index in [-0.39, 0.29) is 36.5 Å². The molecular weight excluding hydrogens is 358 g/mol. The van der Waals surface area contributed by atoms with Gasteiger partial charge in [-0.3, -0.25) is 4.79 Å². The predicted molar refractivity (Wildman–Crippen MR) is 94.3 cm³/mol. The zero-order chi connectivity index (χ0) is 18.7. The molecule has 1 aromatic carbocycles. The molecule has 1 aliphatic carbocycles. The van der Waals surface area contributed by atoms with Crippen LogP contribution in [0.5, 0.6) is 0 Å². The van der Waals surface area contributed by atoms with Crippen molar-refractivity contribution in [2.75, 3.05) is 32.8 Å². The van der Waals surface area contributed by atoms with E-state index in [2.05, 4.69) is 5.32 Å². The van der Waals surface area contributed by atoms with Gasteiger partial charge in [-0.05, 0) is 44.0 Å². The second-order valence-corrected chi connectivity index (χ2v) is 8.30. The highest BCUT2D eigenvalue weighted by molar-refractivity contribution is 7.89. The molecule has 0 atom stereocenters. The average molecular weight is 381 g/mol. The summed E-state index contributed by atoms with van der Waals surface area (Å²) >= 11 is 0. The number of amides is 2. The number of hydrogen-bond donors (Lipinski definition) is 1. The highest BCUT2D eigenvalue weighted by Crippen LogP contribution is 2.21. The maximum atomic E-state index is 12.7. The molecule has 3 rings (SSSR count). The van der Waals surface area contributed by atoms with Crippen molar-refractivity contribution >= 4 is 22.0 Å². The molecule has 0 radical (unpaired) electrons. The minimum Gasteiger partial charge on any atom is -0.450 e. The van der Waals surface area contributed by atoms with Crippen LogP contribution in [0.15, 0.2) is 29.2 Å². The van der Waals surface area contributed by atoms with Crippen LogP contribution in [0.1, 0.15) is 30.1 Å². The highest BCUT2D eigenvalue weighted by Gasteiger charge is 2.31. The molecule has 1 aliphatic heterocycles. The van der Waals surface area contributed by atoms with Gasteiger partial charge in [0, 0.05) is 37.8 Å². The third-order valence-corrected chi connectivity index (χ3v) is 6.34. The average Bonchev–Trinajstić information content (AvgIpc) is 3.46. The van der Waals surface area contributed by atoms with Crippen molar-refractivity contribution in [3.8, 4) is 0 Å². The van der Waals surface area contributed by atoms with Crippen molar-refractivity contribution in [1.29, 1.82) is 0 Å². The molecule has 1 saturated carbocycles. The van der Waals surface area contributed by atoms with Gasteiger partial charge >= 0.3 is 6.09 Å². The lowest BCUT2D eigenvalue weighted by atomic mass is 10.2. The van der Waals surface area contributed by atoms with Gasteiger partial charge in [0.1, 0.15) is 0 Å². The van der Waals surface area contributed by atoms with Gasteiger partial charge in [0.25, 0.3) is 5.91 Å². The van der Waals surface area contributed by atoms with Crippen molar-refractivity contribution in [3.05, 3.63) is 29.8 Å².